The lowest BCUT2D eigenvalue weighted by molar-refractivity contribution is 0.0517. The van der Waals surface area contributed by atoms with Gasteiger partial charge in [-0.2, -0.15) is 0 Å². The molecule has 2 aromatic rings. The fourth-order valence-corrected chi connectivity index (χ4v) is 2.46. The highest BCUT2D eigenvalue weighted by Crippen LogP contribution is 2.54. The molecule has 4 heteroatoms. The number of hydrogen-bond donors (Lipinski definition) is 0. The minimum Gasteiger partial charge on any atom is -0.461 e. The quantitative estimate of drug-likeness (QED) is 0.790. The van der Waals surface area contributed by atoms with E-state index in [2.05, 4.69) is 17.1 Å². The molecule has 0 bridgehead atoms. The van der Waals surface area contributed by atoms with E-state index >= 15 is 0 Å². The van der Waals surface area contributed by atoms with Gasteiger partial charge in [-0.1, -0.05) is 30.3 Å². The first-order valence-electron chi connectivity index (χ1n) is 6.44. The van der Waals surface area contributed by atoms with Crippen LogP contribution in [0.2, 0.25) is 0 Å². The van der Waals surface area contributed by atoms with Crippen molar-refractivity contribution in [2.75, 3.05) is 6.61 Å². The van der Waals surface area contributed by atoms with Gasteiger partial charge in [0.15, 0.2) is 12.1 Å². The topological polar surface area (TPSA) is 52.3 Å². The maximum absolute atomic E-state index is 11.9. The van der Waals surface area contributed by atoms with Crippen LogP contribution in [0.4, 0.5) is 0 Å². The summed E-state index contributed by atoms with van der Waals surface area (Å²) in [6.07, 6.45) is 3.27. The molecule has 1 aromatic heterocycles. The Labute approximate surface area is 111 Å². The number of carbonyl (C=O) groups excluding carboxylic acids is 1. The zero-order valence-electron chi connectivity index (χ0n) is 10.8. The number of nitrogens with zero attached hydrogens (tertiary/aromatic N) is 1. The SMILES string of the molecule is CCOC(=O)c1ncoc1C1(c2ccccc2)CC1. The lowest BCUT2D eigenvalue weighted by Crippen LogP contribution is -2.15. The Morgan fingerprint density at radius 2 is 2.11 bits per heavy atom. The number of hydrogen-bond acceptors (Lipinski definition) is 4. The summed E-state index contributed by atoms with van der Waals surface area (Å²) >= 11 is 0. The molecule has 0 unspecified atom stereocenters. The number of benzene rings is 1. The standard InChI is InChI=1S/C15H15NO3/c1-2-18-14(17)12-13(19-10-16-12)15(8-9-15)11-6-4-3-5-7-11/h3-7,10H,2,8-9H2,1H3. The zero-order chi connectivity index (χ0) is 13.3. The molecule has 4 nitrogen and oxygen atoms in total. The molecule has 19 heavy (non-hydrogen) atoms. The first-order chi connectivity index (χ1) is 9.28. The van der Waals surface area contributed by atoms with Crippen molar-refractivity contribution < 1.29 is 13.9 Å². The summed E-state index contributed by atoms with van der Waals surface area (Å²) in [5.74, 6) is 0.227. The summed E-state index contributed by atoms with van der Waals surface area (Å²) in [5.41, 5.74) is 1.28. The Balaban J connectivity index is 2.00. The van der Waals surface area contributed by atoms with E-state index in [1.807, 2.05) is 18.2 Å². The lowest BCUT2D eigenvalue weighted by atomic mass is 9.92. The zero-order valence-corrected chi connectivity index (χ0v) is 10.8. The number of aromatic nitrogens is 1. The van der Waals surface area contributed by atoms with Crippen LogP contribution in [0, 0.1) is 0 Å². The monoisotopic (exact) mass is 257 g/mol. The van der Waals surface area contributed by atoms with E-state index in [0.717, 1.165) is 18.4 Å². The summed E-state index contributed by atoms with van der Waals surface area (Å²) in [6, 6.07) is 10.1. The molecule has 0 radical (unpaired) electrons. The second kappa shape index (κ2) is 4.53. The highest BCUT2D eigenvalue weighted by atomic mass is 16.5. The molecular weight excluding hydrogens is 242 g/mol. The van der Waals surface area contributed by atoms with Crippen LogP contribution in [0.25, 0.3) is 0 Å². The highest BCUT2D eigenvalue weighted by molar-refractivity contribution is 5.89. The summed E-state index contributed by atoms with van der Waals surface area (Å²) in [5, 5.41) is 0. The second-order valence-corrected chi connectivity index (χ2v) is 4.70. The molecular formula is C15H15NO3. The summed E-state index contributed by atoms with van der Waals surface area (Å²) < 4.78 is 10.5. The second-order valence-electron chi connectivity index (χ2n) is 4.70. The summed E-state index contributed by atoms with van der Waals surface area (Å²) in [4.78, 5) is 15.9. The molecule has 0 atom stereocenters. The number of rotatable bonds is 4. The summed E-state index contributed by atoms with van der Waals surface area (Å²) in [6.45, 7) is 2.12. The normalized spacial score (nSPS) is 16.1. The van der Waals surface area contributed by atoms with Crippen LogP contribution in [0.1, 0.15) is 41.6 Å². The van der Waals surface area contributed by atoms with Gasteiger partial charge in [0.2, 0.25) is 0 Å². The Hall–Kier alpha value is -2.10. The maximum atomic E-state index is 11.9. The van der Waals surface area contributed by atoms with Gasteiger partial charge < -0.3 is 9.15 Å². The number of ether oxygens (including phenoxy) is 1. The van der Waals surface area contributed by atoms with E-state index in [-0.39, 0.29) is 5.41 Å². The van der Waals surface area contributed by atoms with E-state index in [9.17, 15) is 4.79 Å². The predicted octanol–water partition coefficient (Wildman–Crippen LogP) is 2.93. The molecule has 1 aromatic carbocycles. The van der Waals surface area contributed by atoms with Crippen molar-refractivity contribution in [1.82, 2.24) is 4.98 Å². The molecule has 1 aliphatic carbocycles. The van der Waals surface area contributed by atoms with Crippen molar-refractivity contribution >= 4 is 5.97 Å². The van der Waals surface area contributed by atoms with Crippen molar-refractivity contribution in [3.63, 3.8) is 0 Å². The molecule has 1 fully saturated rings. The van der Waals surface area contributed by atoms with Crippen LogP contribution in [-0.4, -0.2) is 17.6 Å². The van der Waals surface area contributed by atoms with E-state index in [4.69, 9.17) is 9.15 Å². The Morgan fingerprint density at radius 1 is 1.37 bits per heavy atom. The molecule has 1 heterocycles. The largest absolute Gasteiger partial charge is 0.461 e. The van der Waals surface area contributed by atoms with Crippen LogP contribution in [0.5, 0.6) is 0 Å². The highest BCUT2D eigenvalue weighted by Gasteiger charge is 2.51. The van der Waals surface area contributed by atoms with Crippen molar-refractivity contribution in [1.29, 1.82) is 0 Å². The van der Waals surface area contributed by atoms with Gasteiger partial charge in [-0.25, -0.2) is 9.78 Å². The molecule has 0 N–H and O–H groups in total. The maximum Gasteiger partial charge on any atom is 0.360 e. The Kier molecular flexibility index (Phi) is 2.85. The van der Waals surface area contributed by atoms with Gasteiger partial charge in [0.1, 0.15) is 5.76 Å². The van der Waals surface area contributed by atoms with Crippen molar-refractivity contribution in [3.05, 3.63) is 53.7 Å². The van der Waals surface area contributed by atoms with Gasteiger partial charge in [-0.15, -0.1) is 0 Å². The van der Waals surface area contributed by atoms with Crippen LogP contribution >= 0.6 is 0 Å². The summed E-state index contributed by atoms with van der Waals surface area (Å²) in [7, 11) is 0. The lowest BCUT2D eigenvalue weighted by Gasteiger charge is -2.13. The third-order valence-corrected chi connectivity index (χ3v) is 3.55. The number of carbonyl (C=O) groups is 1. The van der Waals surface area contributed by atoms with E-state index in [1.54, 1.807) is 6.92 Å². The first-order valence-corrected chi connectivity index (χ1v) is 6.44. The molecule has 98 valence electrons. The fourth-order valence-electron chi connectivity index (χ4n) is 2.46. The molecule has 0 spiro atoms. The van der Waals surface area contributed by atoms with E-state index in [0.29, 0.717) is 18.1 Å². The number of esters is 1. The minimum absolute atomic E-state index is 0.195. The van der Waals surface area contributed by atoms with Crippen LogP contribution in [0.15, 0.2) is 41.1 Å². The van der Waals surface area contributed by atoms with E-state index in [1.165, 1.54) is 6.39 Å². The minimum atomic E-state index is -0.409. The van der Waals surface area contributed by atoms with Crippen LogP contribution in [-0.2, 0) is 10.2 Å². The van der Waals surface area contributed by atoms with Gasteiger partial charge in [0.25, 0.3) is 0 Å². The molecule has 3 rings (SSSR count). The van der Waals surface area contributed by atoms with Crippen molar-refractivity contribution in [2.45, 2.75) is 25.2 Å². The Bertz CT molecular complexity index is 584. The fraction of sp³-hybridized carbons (Fsp3) is 0.333. The molecule has 0 amide bonds. The molecule has 0 saturated heterocycles. The van der Waals surface area contributed by atoms with Crippen LogP contribution in [0.3, 0.4) is 0 Å². The Morgan fingerprint density at radius 3 is 2.74 bits per heavy atom. The molecule has 1 aliphatic rings. The molecule has 1 saturated carbocycles. The smallest absolute Gasteiger partial charge is 0.360 e. The van der Waals surface area contributed by atoms with Gasteiger partial charge in [0, 0.05) is 0 Å². The van der Waals surface area contributed by atoms with E-state index < -0.39 is 5.97 Å². The van der Waals surface area contributed by atoms with Gasteiger partial charge in [-0.05, 0) is 25.3 Å². The van der Waals surface area contributed by atoms with Gasteiger partial charge >= 0.3 is 5.97 Å². The van der Waals surface area contributed by atoms with Crippen molar-refractivity contribution in [3.8, 4) is 0 Å². The molecule has 0 aliphatic heterocycles. The first kappa shape index (κ1) is 12.0. The predicted molar refractivity (Wildman–Crippen MR) is 68.9 cm³/mol. The van der Waals surface area contributed by atoms with Gasteiger partial charge in [0.05, 0.1) is 12.0 Å². The van der Waals surface area contributed by atoms with Gasteiger partial charge in [-0.3, -0.25) is 0 Å². The average molecular weight is 257 g/mol. The average Bonchev–Trinajstić information content (AvgIpc) is 3.10. The third kappa shape index (κ3) is 1.93. The van der Waals surface area contributed by atoms with Crippen molar-refractivity contribution in [2.24, 2.45) is 0 Å². The third-order valence-electron chi connectivity index (χ3n) is 3.55. The number of oxazole rings is 1. The van der Waals surface area contributed by atoms with Crippen LogP contribution < -0.4 is 0 Å².